The van der Waals surface area contributed by atoms with Gasteiger partial charge in [0.25, 0.3) is 0 Å². The van der Waals surface area contributed by atoms with Crippen LogP contribution in [-0.2, 0) is 14.3 Å². The van der Waals surface area contributed by atoms with Crippen LogP contribution in [0.15, 0.2) is 24.3 Å². The summed E-state index contributed by atoms with van der Waals surface area (Å²) in [5.41, 5.74) is 1.68. The molecule has 4 nitrogen and oxygen atoms in total. The van der Waals surface area contributed by atoms with Gasteiger partial charge in [0.05, 0.1) is 7.11 Å². The first-order valence-corrected chi connectivity index (χ1v) is 5.54. The smallest absolute Gasteiger partial charge is 0.318 e. The van der Waals surface area contributed by atoms with Crippen molar-refractivity contribution in [2.75, 3.05) is 12.4 Å². The highest BCUT2D eigenvalue weighted by atomic mass is 16.5. The first-order chi connectivity index (χ1) is 8.10. The fourth-order valence-corrected chi connectivity index (χ4v) is 1.53. The van der Waals surface area contributed by atoms with Crippen molar-refractivity contribution < 1.29 is 14.3 Å². The van der Waals surface area contributed by atoms with Crippen LogP contribution < -0.4 is 5.32 Å². The summed E-state index contributed by atoms with van der Waals surface area (Å²) in [5.74, 6) is -1.58. The number of anilines is 1. The van der Waals surface area contributed by atoms with Gasteiger partial charge in [-0.2, -0.15) is 0 Å². The van der Waals surface area contributed by atoms with E-state index in [0.29, 0.717) is 6.42 Å². The number of hydrogen-bond acceptors (Lipinski definition) is 3. The predicted molar refractivity (Wildman–Crippen MR) is 65.6 cm³/mol. The van der Waals surface area contributed by atoms with Gasteiger partial charge < -0.3 is 10.1 Å². The molecular weight excluding hydrogens is 218 g/mol. The van der Waals surface area contributed by atoms with Gasteiger partial charge in [-0.05, 0) is 25.0 Å². The Morgan fingerprint density at radius 2 is 2.00 bits per heavy atom. The standard InChI is InChI=1S/C13H17NO3/c1-4-10(13(16)17-3)12(15)14-11-8-6-5-7-9(11)2/h5-8,10H,4H2,1-3H3,(H,14,15). The topological polar surface area (TPSA) is 55.4 Å². The van der Waals surface area contributed by atoms with E-state index in [1.165, 1.54) is 7.11 Å². The van der Waals surface area contributed by atoms with Gasteiger partial charge in [-0.25, -0.2) is 0 Å². The van der Waals surface area contributed by atoms with E-state index in [-0.39, 0.29) is 5.91 Å². The lowest BCUT2D eigenvalue weighted by molar-refractivity contribution is -0.148. The number of esters is 1. The normalized spacial score (nSPS) is 11.7. The molecule has 0 heterocycles. The molecule has 0 radical (unpaired) electrons. The second kappa shape index (κ2) is 6.03. The summed E-state index contributed by atoms with van der Waals surface area (Å²) in [7, 11) is 1.28. The predicted octanol–water partition coefficient (Wildman–Crippen LogP) is 2.13. The van der Waals surface area contributed by atoms with E-state index < -0.39 is 11.9 Å². The van der Waals surface area contributed by atoms with Crippen molar-refractivity contribution in [3.8, 4) is 0 Å². The minimum atomic E-state index is -0.750. The SMILES string of the molecule is CCC(C(=O)Nc1ccccc1C)C(=O)OC. The zero-order valence-electron chi connectivity index (χ0n) is 10.3. The largest absolute Gasteiger partial charge is 0.468 e. The van der Waals surface area contributed by atoms with E-state index in [0.717, 1.165) is 11.3 Å². The Kier molecular flexibility index (Phi) is 4.69. The number of nitrogens with one attached hydrogen (secondary N) is 1. The molecule has 1 N–H and O–H groups in total. The van der Waals surface area contributed by atoms with Gasteiger partial charge in [-0.15, -0.1) is 0 Å². The second-order valence-corrected chi connectivity index (χ2v) is 3.79. The van der Waals surface area contributed by atoms with Gasteiger partial charge >= 0.3 is 5.97 Å². The van der Waals surface area contributed by atoms with Gasteiger partial charge in [0.15, 0.2) is 0 Å². The number of carbonyl (C=O) groups excluding carboxylic acids is 2. The molecule has 0 fully saturated rings. The molecule has 0 bridgehead atoms. The molecule has 0 aromatic heterocycles. The molecule has 4 heteroatoms. The van der Waals surface area contributed by atoms with E-state index in [1.54, 1.807) is 13.0 Å². The van der Waals surface area contributed by atoms with Crippen molar-refractivity contribution >= 4 is 17.6 Å². The lowest BCUT2D eigenvalue weighted by Gasteiger charge is -2.13. The minimum absolute atomic E-state index is 0.325. The Balaban J connectivity index is 2.78. The number of carbonyl (C=O) groups is 2. The summed E-state index contributed by atoms with van der Waals surface area (Å²) in [4.78, 5) is 23.3. The van der Waals surface area contributed by atoms with Gasteiger partial charge in [0.1, 0.15) is 5.92 Å². The van der Waals surface area contributed by atoms with Gasteiger partial charge in [-0.1, -0.05) is 25.1 Å². The number of rotatable bonds is 4. The number of para-hydroxylation sites is 1. The van der Waals surface area contributed by atoms with Crippen LogP contribution in [0, 0.1) is 12.8 Å². The molecule has 1 aromatic rings. The number of methoxy groups -OCH3 is 1. The monoisotopic (exact) mass is 235 g/mol. The van der Waals surface area contributed by atoms with Crippen molar-refractivity contribution in [1.29, 1.82) is 0 Å². The van der Waals surface area contributed by atoms with Gasteiger partial charge in [0.2, 0.25) is 5.91 Å². The lowest BCUT2D eigenvalue weighted by atomic mass is 10.1. The highest BCUT2D eigenvalue weighted by Crippen LogP contribution is 2.15. The molecule has 0 saturated carbocycles. The number of benzene rings is 1. The minimum Gasteiger partial charge on any atom is -0.468 e. The summed E-state index contributed by atoms with van der Waals surface area (Å²) in [6, 6.07) is 7.43. The molecule has 92 valence electrons. The van der Waals surface area contributed by atoms with Crippen LogP contribution in [0.5, 0.6) is 0 Å². The number of ether oxygens (including phenoxy) is 1. The molecule has 0 aliphatic heterocycles. The summed E-state index contributed by atoms with van der Waals surface area (Å²) in [6.07, 6.45) is 0.421. The fourth-order valence-electron chi connectivity index (χ4n) is 1.53. The van der Waals surface area contributed by atoms with Crippen LogP contribution >= 0.6 is 0 Å². The van der Waals surface area contributed by atoms with Crippen LogP contribution in [0.25, 0.3) is 0 Å². The first-order valence-electron chi connectivity index (χ1n) is 5.54. The Bertz CT molecular complexity index is 415. The lowest BCUT2D eigenvalue weighted by Crippen LogP contribution is -2.30. The maximum absolute atomic E-state index is 11.9. The van der Waals surface area contributed by atoms with Crippen LogP contribution in [0.2, 0.25) is 0 Å². The fraction of sp³-hybridized carbons (Fsp3) is 0.385. The third-order valence-corrected chi connectivity index (χ3v) is 2.61. The van der Waals surface area contributed by atoms with Crippen molar-refractivity contribution in [2.24, 2.45) is 5.92 Å². The molecule has 1 amide bonds. The molecule has 0 saturated heterocycles. The maximum Gasteiger partial charge on any atom is 0.318 e. The zero-order chi connectivity index (χ0) is 12.8. The van der Waals surface area contributed by atoms with Crippen LogP contribution in [0.4, 0.5) is 5.69 Å². The summed E-state index contributed by atoms with van der Waals surface area (Å²) in [6.45, 7) is 3.67. The molecule has 0 aliphatic carbocycles. The summed E-state index contributed by atoms with van der Waals surface area (Å²) < 4.78 is 4.59. The Labute approximate surface area is 101 Å². The van der Waals surface area contributed by atoms with Crippen molar-refractivity contribution in [2.45, 2.75) is 20.3 Å². The average molecular weight is 235 g/mol. The molecule has 0 aliphatic rings. The average Bonchev–Trinajstić information content (AvgIpc) is 2.32. The van der Waals surface area contributed by atoms with E-state index in [9.17, 15) is 9.59 Å². The quantitative estimate of drug-likeness (QED) is 0.642. The first kappa shape index (κ1) is 13.2. The van der Waals surface area contributed by atoms with Gasteiger partial charge in [-0.3, -0.25) is 9.59 Å². The molecular formula is C13H17NO3. The number of aryl methyl sites for hydroxylation is 1. The number of hydrogen-bond donors (Lipinski definition) is 1. The molecule has 1 atom stereocenters. The Hall–Kier alpha value is -1.84. The van der Waals surface area contributed by atoms with Crippen LogP contribution in [0.1, 0.15) is 18.9 Å². The van der Waals surface area contributed by atoms with Crippen LogP contribution in [0.3, 0.4) is 0 Å². The highest BCUT2D eigenvalue weighted by Gasteiger charge is 2.25. The Morgan fingerprint density at radius 3 is 2.53 bits per heavy atom. The maximum atomic E-state index is 11.9. The molecule has 1 rings (SSSR count). The highest BCUT2D eigenvalue weighted by molar-refractivity contribution is 6.04. The molecule has 0 spiro atoms. The number of amides is 1. The summed E-state index contributed by atoms with van der Waals surface area (Å²) in [5, 5.41) is 2.74. The molecule has 17 heavy (non-hydrogen) atoms. The van der Waals surface area contributed by atoms with Crippen molar-refractivity contribution in [1.82, 2.24) is 0 Å². The van der Waals surface area contributed by atoms with Gasteiger partial charge in [0, 0.05) is 5.69 Å². The van der Waals surface area contributed by atoms with E-state index in [2.05, 4.69) is 10.1 Å². The zero-order valence-corrected chi connectivity index (χ0v) is 10.3. The van der Waals surface area contributed by atoms with E-state index in [1.807, 2.05) is 25.1 Å². The summed E-state index contributed by atoms with van der Waals surface area (Å²) >= 11 is 0. The third-order valence-electron chi connectivity index (χ3n) is 2.61. The van der Waals surface area contributed by atoms with E-state index >= 15 is 0 Å². The Morgan fingerprint density at radius 1 is 1.35 bits per heavy atom. The van der Waals surface area contributed by atoms with Crippen molar-refractivity contribution in [3.63, 3.8) is 0 Å². The third kappa shape index (κ3) is 3.31. The molecule has 1 unspecified atom stereocenters. The van der Waals surface area contributed by atoms with E-state index in [4.69, 9.17) is 0 Å². The van der Waals surface area contributed by atoms with Crippen molar-refractivity contribution in [3.05, 3.63) is 29.8 Å². The molecule has 1 aromatic carbocycles. The second-order valence-electron chi connectivity index (χ2n) is 3.79. The van der Waals surface area contributed by atoms with Crippen LogP contribution in [-0.4, -0.2) is 19.0 Å².